The van der Waals surface area contributed by atoms with Crippen molar-refractivity contribution in [2.24, 2.45) is 0 Å². The van der Waals surface area contributed by atoms with Gasteiger partial charge in [0.15, 0.2) is 0 Å². The van der Waals surface area contributed by atoms with Gasteiger partial charge in [-0.3, -0.25) is 0 Å². The van der Waals surface area contributed by atoms with E-state index in [4.69, 9.17) is 12.8 Å². The van der Waals surface area contributed by atoms with Gasteiger partial charge in [0.05, 0.1) is 0 Å². The van der Waals surface area contributed by atoms with Crippen LogP contribution in [-0.2, 0) is 0 Å². The Morgan fingerprint density at radius 1 is 1.00 bits per heavy atom. The molecule has 0 aromatic heterocycles. The lowest BCUT2D eigenvalue weighted by Gasteiger charge is -1.97. The van der Waals surface area contributed by atoms with E-state index >= 15 is 0 Å². The van der Waals surface area contributed by atoms with Gasteiger partial charge in [-0.2, -0.15) is 0 Å². The molecule has 0 heterocycles. The molecule has 1 aromatic carbocycles. The molecule has 0 unspecified atom stereocenters. The molecule has 0 saturated heterocycles. The molecule has 1 rings (SSSR count). The summed E-state index contributed by atoms with van der Waals surface area (Å²) in [5.41, 5.74) is 5.27. The SMILES string of the molecule is C#C[Si](C#C)c1ccccc1. The highest BCUT2D eigenvalue weighted by atomic mass is 28.3. The van der Waals surface area contributed by atoms with Gasteiger partial charge in [0.1, 0.15) is 0 Å². The van der Waals surface area contributed by atoms with Crippen LogP contribution < -0.4 is 5.19 Å². The molecule has 1 aromatic rings. The van der Waals surface area contributed by atoms with Crippen molar-refractivity contribution in [3.05, 3.63) is 30.3 Å². The lowest BCUT2D eigenvalue weighted by molar-refractivity contribution is 1.77. The minimum absolute atomic E-state index is 1.11. The van der Waals surface area contributed by atoms with E-state index in [1.54, 1.807) is 0 Å². The van der Waals surface area contributed by atoms with E-state index in [1.165, 1.54) is 0 Å². The smallest absolute Gasteiger partial charge is 0.126 e. The standard InChI is InChI=1S/C10H7Si/c1-3-11(4-2)10-8-6-5-7-9-10/h1-2,5-9H. The number of benzene rings is 1. The molecule has 51 valence electrons. The van der Waals surface area contributed by atoms with Crippen molar-refractivity contribution in [2.75, 3.05) is 0 Å². The maximum atomic E-state index is 5.27. The zero-order valence-corrected chi connectivity index (χ0v) is 7.04. The van der Waals surface area contributed by atoms with Gasteiger partial charge in [-0.05, 0) is 5.19 Å². The highest BCUT2D eigenvalue weighted by molar-refractivity contribution is 6.87. The quantitative estimate of drug-likeness (QED) is 0.414. The van der Waals surface area contributed by atoms with Gasteiger partial charge in [-0.1, -0.05) is 30.3 Å². The fraction of sp³-hybridized carbons (Fsp3) is 0. The zero-order valence-electron chi connectivity index (χ0n) is 6.04. The molecule has 0 spiro atoms. The summed E-state index contributed by atoms with van der Waals surface area (Å²) in [4.78, 5) is 0. The summed E-state index contributed by atoms with van der Waals surface area (Å²) >= 11 is 0. The first kappa shape index (κ1) is 7.66. The lowest BCUT2D eigenvalue weighted by Crippen LogP contribution is -2.26. The summed E-state index contributed by atoms with van der Waals surface area (Å²) in [7, 11) is -1.15. The van der Waals surface area contributed by atoms with E-state index in [0.29, 0.717) is 0 Å². The van der Waals surface area contributed by atoms with E-state index in [9.17, 15) is 0 Å². The monoisotopic (exact) mass is 155 g/mol. The van der Waals surface area contributed by atoms with Crippen molar-refractivity contribution in [2.45, 2.75) is 0 Å². The molecule has 0 saturated carbocycles. The van der Waals surface area contributed by atoms with Crippen LogP contribution >= 0.6 is 0 Å². The Balaban J connectivity index is 2.96. The van der Waals surface area contributed by atoms with Crippen molar-refractivity contribution < 1.29 is 0 Å². The first-order valence-electron chi connectivity index (χ1n) is 3.24. The summed E-state index contributed by atoms with van der Waals surface area (Å²) in [5.74, 6) is 0. The van der Waals surface area contributed by atoms with Crippen LogP contribution in [-0.4, -0.2) is 8.80 Å². The fourth-order valence-corrected chi connectivity index (χ4v) is 1.76. The minimum atomic E-state index is -1.15. The summed E-state index contributed by atoms with van der Waals surface area (Å²) < 4.78 is 0. The molecule has 0 nitrogen and oxygen atoms in total. The Hall–Kier alpha value is -1.44. The van der Waals surface area contributed by atoms with Crippen molar-refractivity contribution >= 4 is 14.0 Å². The summed E-state index contributed by atoms with van der Waals surface area (Å²) in [6, 6.07) is 9.82. The third-order valence-corrected chi connectivity index (χ3v) is 2.84. The molecule has 0 aliphatic heterocycles. The van der Waals surface area contributed by atoms with Crippen molar-refractivity contribution in [3.8, 4) is 23.9 Å². The van der Waals surface area contributed by atoms with Crippen molar-refractivity contribution in [3.63, 3.8) is 0 Å². The van der Waals surface area contributed by atoms with Crippen LogP contribution in [0.2, 0.25) is 0 Å². The van der Waals surface area contributed by atoms with Gasteiger partial charge in [-0.25, -0.2) is 0 Å². The Bertz CT molecular complexity index is 286. The molecule has 0 amide bonds. The molecule has 1 heteroatoms. The second-order valence-electron chi connectivity index (χ2n) is 2.03. The Morgan fingerprint density at radius 2 is 1.55 bits per heavy atom. The Labute approximate surface area is 68.9 Å². The molecular weight excluding hydrogens is 148 g/mol. The Morgan fingerprint density at radius 3 is 2.00 bits per heavy atom. The first-order valence-corrected chi connectivity index (χ1v) is 4.74. The third-order valence-electron chi connectivity index (χ3n) is 1.35. The van der Waals surface area contributed by atoms with Crippen molar-refractivity contribution in [1.29, 1.82) is 0 Å². The van der Waals surface area contributed by atoms with Crippen molar-refractivity contribution in [1.82, 2.24) is 0 Å². The van der Waals surface area contributed by atoms with Crippen LogP contribution in [0.25, 0.3) is 0 Å². The Kier molecular flexibility index (Phi) is 2.55. The summed E-state index contributed by atoms with van der Waals surface area (Å²) in [5, 5.41) is 1.11. The highest BCUT2D eigenvalue weighted by Crippen LogP contribution is 1.85. The van der Waals surface area contributed by atoms with Gasteiger partial charge >= 0.3 is 0 Å². The van der Waals surface area contributed by atoms with E-state index in [1.807, 2.05) is 30.3 Å². The van der Waals surface area contributed by atoms with E-state index in [2.05, 4.69) is 11.1 Å². The van der Waals surface area contributed by atoms with Gasteiger partial charge in [0.2, 0.25) is 0 Å². The molecule has 0 fully saturated rings. The second-order valence-corrected chi connectivity index (χ2v) is 3.93. The van der Waals surface area contributed by atoms with E-state index in [-0.39, 0.29) is 0 Å². The van der Waals surface area contributed by atoms with Crippen LogP contribution in [0.3, 0.4) is 0 Å². The minimum Gasteiger partial charge on any atom is -0.126 e. The largest absolute Gasteiger partial charge is 0.266 e. The summed E-state index contributed by atoms with van der Waals surface area (Å²) in [6.45, 7) is 0. The average molecular weight is 155 g/mol. The summed E-state index contributed by atoms with van der Waals surface area (Å²) in [6.07, 6.45) is 10.5. The van der Waals surface area contributed by atoms with Gasteiger partial charge in [0, 0.05) is 0 Å². The number of rotatable bonds is 1. The molecule has 0 bridgehead atoms. The maximum absolute atomic E-state index is 5.27. The van der Waals surface area contributed by atoms with Crippen LogP contribution in [0, 0.1) is 23.9 Å². The van der Waals surface area contributed by atoms with E-state index in [0.717, 1.165) is 5.19 Å². The maximum Gasteiger partial charge on any atom is 0.266 e. The number of hydrogen-bond donors (Lipinski definition) is 0. The molecule has 11 heavy (non-hydrogen) atoms. The first-order chi connectivity index (χ1) is 5.38. The average Bonchev–Trinajstić information content (AvgIpc) is 2.09. The molecule has 0 aliphatic carbocycles. The fourth-order valence-electron chi connectivity index (χ4n) is 0.813. The van der Waals surface area contributed by atoms with E-state index < -0.39 is 8.80 Å². The third kappa shape index (κ3) is 1.74. The molecule has 0 atom stereocenters. The highest BCUT2D eigenvalue weighted by Gasteiger charge is 2.05. The lowest BCUT2D eigenvalue weighted by atomic mass is 10.4. The van der Waals surface area contributed by atoms with Crippen LogP contribution in [0.1, 0.15) is 0 Å². The van der Waals surface area contributed by atoms with Crippen LogP contribution in [0.4, 0.5) is 0 Å². The molecule has 0 aliphatic rings. The topological polar surface area (TPSA) is 0 Å². The second kappa shape index (κ2) is 3.66. The molecule has 0 N–H and O–H groups in total. The van der Waals surface area contributed by atoms with Gasteiger partial charge < -0.3 is 0 Å². The number of terminal acetylenes is 2. The zero-order chi connectivity index (χ0) is 8.10. The number of hydrogen-bond acceptors (Lipinski definition) is 0. The van der Waals surface area contributed by atoms with Crippen LogP contribution in [0.15, 0.2) is 30.3 Å². The molecule has 1 radical (unpaired) electrons. The predicted molar refractivity (Wildman–Crippen MR) is 49.5 cm³/mol. The van der Waals surface area contributed by atoms with Crippen LogP contribution in [0.5, 0.6) is 0 Å². The molecular formula is C10H7Si. The van der Waals surface area contributed by atoms with Gasteiger partial charge in [-0.15, -0.1) is 23.9 Å². The normalized spacial score (nSPS) is 8.64. The van der Waals surface area contributed by atoms with Gasteiger partial charge in [0.25, 0.3) is 8.80 Å². The predicted octanol–water partition coefficient (Wildman–Crippen LogP) is 0.733.